The Morgan fingerprint density at radius 1 is 1.28 bits per heavy atom. The smallest absolute Gasteiger partial charge is 0.0973 e. The van der Waals surface area contributed by atoms with Gasteiger partial charge in [0.2, 0.25) is 0 Å². The lowest BCUT2D eigenvalue weighted by Crippen LogP contribution is -2.27. The zero-order valence-electron chi connectivity index (χ0n) is 11.4. The van der Waals surface area contributed by atoms with E-state index in [4.69, 9.17) is 10.5 Å². The highest BCUT2D eigenvalue weighted by molar-refractivity contribution is 9.10. The van der Waals surface area contributed by atoms with Crippen LogP contribution in [0.3, 0.4) is 0 Å². The molecule has 0 bridgehead atoms. The second kappa shape index (κ2) is 8.68. The summed E-state index contributed by atoms with van der Waals surface area (Å²) >= 11 is 3.49. The van der Waals surface area contributed by atoms with Crippen molar-refractivity contribution in [3.63, 3.8) is 0 Å². The average molecular weight is 314 g/mol. The SMILES string of the molecule is CCCCCCOC(c1cccc(Br)c1)C(C)N. The van der Waals surface area contributed by atoms with Crippen LogP contribution in [0.4, 0.5) is 0 Å². The lowest BCUT2D eigenvalue weighted by Gasteiger charge is -2.22. The molecule has 1 aromatic rings. The molecule has 0 saturated carbocycles. The van der Waals surface area contributed by atoms with Crippen molar-refractivity contribution in [1.82, 2.24) is 0 Å². The van der Waals surface area contributed by atoms with E-state index in [-0.39, 0.29) is 12.1 Å². The van der Waals surface area contributed by atoms with Gasteiger partial charge in [0.25, 0.3) is 0 Å². The van der Waals surface area contributed by atoms with Crippen molar-refractivity contribution in [2.75, 3.05) is 6.61 Å². The molecule has 1 aromatic carbocycles. The molecule has 0 aliphatic carbocycles. The highest BCUT2D eigenvalue weighted by Crippen LogP contribution is 2.23. The van der Waals surface area contributed by atoms with Crippen LogP contribution in [-0.2, 0) is 4.74 Å². The Balaban J connectivity index is 2.50. The largest absolute Gasteiger partial charge is 0.372 e. The van der Waals surface area contributed by atoms with E-state index in [1.807, 2.05) is 19.1 Å². The number of unbranched alkanes of at least 4 members (excludes halogenated alkanes) is 3. The molecule has 0 heterocycles. The maximum Gasteiger partial charge on any atom is 0.0973 e. The summed E-state index contributed by atoms with van der Waals surface area (Å²) in [4.78, 5) is 0. The van der Waals surface area contributed by atoms with Crippen LogP contribution in [0.1, 0.15) is 51.2 Å². The Bertz CT molecular complexity index is 341. The molecule has 0 aromatic heterocycles. The second-order valence-electron chi connectivity index (χ2n) is 4.77. The molecule has 102 valence electrons. The van der Waals surface area contributed by atoms with Crippen molar-refractivity contribution in [3.8, 4) is 0 Å². The third-order valence-electron chi connectivity index (χ3n) is 2.95. The normalized spacial score (nSPS) is 14.4. The fourth-order valence-electron chi connectivity index (χ4n) is 1.97. The average Bonchev–Trinajstić information content (AvgIpc) is 2.33. The molecular weight excluding hydrogens is 290 g/mol. The van der Waals surface area contributed by atoms with E-state index in [0.29, 0.717) is 0 Å². The summed E-state index contributed by atoms with van der Waals surface area (Å²) in [7, 11) is 0. The van der Waals surface area contributed by atoms with Gasteiger partial charge in [-0.3, -0.25) is 0 Å². The fourth-order valence-corrected chi connectivity index (χ4v) is 2.39. The van der Waals surface area contributed by atoms with Gasteiger partial charge < -0.3 is 10.5 Å². The number of hydrogen-bond acceptors (Lipinski definition) is 2. The van der Waals surface area contributed by atoms with Gasteiger partial charge in [0.15, 0.2) is 0 Å². The first-order valence-corrected chi connectivity index (χ1v) is 7.57. The Labute approximate surface area is 119 Å². The van der Waals surface area contributed by atoms with Crippen molar-refractivity contribution in [2.45, 2.75) is 51.7 Å². The molecule has 2 N–H and O–H groups in total. The molecule has 0 saturated heterocycles. The van der Waals surface area contributed by atoms with E-state index in [2.05, 4.69) is 35.0 Å². The monoisotopic (exact) mass is 313 g/mol. The molecule has 0 radical (unpaired) electrons. The number of halogens is 1. The standard InChI is InChI=1S/C15H24BrNO/c1-3-4-5-6-10-18-15(12(2)17)13-8-7-9-14(16)11-13/h7-9,11-12,15H,3-6,10,17H2,1-2H3. The lowest BCUT2D eigenvalue weighted by molar-refractivity contribution is 0.0358. The van der Waals surface area contributed by atoms with Gasteiger partial charge in [-0.2, -0.15) is 0 Å². The summed E-state index contributed by atoms with van der Waals surface area (Å²) in [6, 6.07) is 8.20. The van der Waals surface area contributed by atoms with E-state index in [0.717, 1.165) is 23.1 Å². The van der Waals surface area contributed by atoms with Gasteiger partial charge in [0, 0.05) is 17.1 Å². The van der Waals surface area contributed by atoms with Gasteiger partial charge in [0.05, 0.1) is 6.10 Å². The number of rotatable bonds is 8. The molecule has 0 fully saturated rings. The topological polar surface area (TPSA) is 35.2 Å². The van der Waals surface area contributed by atoms with E-state index >= 15 is 0 Å². The minimum Gasteiger partial charge on any atom is -0.372 e. The third-order valence-corrected chi connectivity index (χ3v) is 3.44. The summed E-state index contributed by atoms with van der Waals surface area (Å²) in [6.07, 6.45) is 4.88. The zero-order valence-corrected chi connectivity index (χ0v) is 12.9. The zero-order chi connectivity index (χ0) is 13.4. The first-order chi connectivity index (χ1) is 8.65. The van der Waals surface area contributed by atoms with Crippen LogP contribution in [0.25, 0.3) is 0 Å². The molecule has 2 atom stereocenters. The third kappa shape index (κ3) is 5.51. The maximum absolute atomic E-state index is 6.02. The summed E-state index contributed by atoms with van der Waals surface area (Å²) in [5.74, 6) is 0. The van der Waals surface area contributed by atoms with E-state index in [1.54, 1.807) is 0 Å². The first-order valence-electron chi connectivity index (χ1n) is 6.77. The molecule has 0 amide bonds. The summed E-state index contributed by atoms with van der Waals surface area (Å²) in [5, 5.41) is 0. The highest BCUT2D eigenvalue weighted by Gasteiger charge is 2.16. The van der Waals surface area contributed by atoms with Gasteiger partial charge in [-0.1, -0.05) is 54.2 Å². The molecule has 0 aliphatic heterocycles. The van der Waals surface area contributed by atoms with Gasteiger partial charge in [0.1, 0.15) is 0 Å². The Morgan fingerprint density at radius 3 is 2.67 bits per heavy atom. The molecular formula is C15H24BrNO. The van der Waals surface area contributed by atoms with Crippen LogP contribution >= 0.6 is 15.9 Å². The molecule has 2 nitrogen and oxygen atoms in total. The Morgan fingerprint density at radius 2 is 2.06 bits per heavy atom. The molecule has 1 rings (SSSR count). The van der Waals surface area contributed by atoms with Crippen molar-refractivity contribution in [3.05, 3.63) is 34.3 Å². The van der Waals surface area contributed by atoms with Gasteiger partial charge in [-0.25, -0.2) is 0 Å². The number of hydrogen-bond donors (Lipinski definition) is 1. The van der Waals surface area contributed by atoms with Gasteiger partial charge >= 0.3 is 0 Å². The van der Waals surface area contributed by atoms with Crippen LogP contribution < -0.4 is 5.73 Å². The van der Waals surface area contributed by atoms with Gasteiger partial charge in [-0.15, -0.1) is 0 Å². The van der Waals surface area contributed by atoms with Crippen LogP contribution in [0, 0.1) is 0 Å². The quantitative estimate of drug-likeness (QED) is 0.720. The maximum atomic E-state index is 6.02. The number of benzene rings is 1. The minimum atomic E-state index is -0.0101. The van der Waals surface area contributed by atoms with Crippen molar-refractivity contribution in [2.24, 2.45) is 5.73 Å². The van der Waals surface area contributed by atoms with Crippen molar-refractivity contribution >= 4 is 15.9 Å². The van der Waals surface area contributed by atoms with Crippen molar-refractivity contribution in [1.29, 1.82) is 0 Å². The van der Waals surface area contributed by atoms with Crippen LogP contribution in [-0.4, -0.2) is 12.6 Å². The summed E-state index contributed by atoms with van der Waals surface area (Å²) in [5.41, 5.74) is 7.17. The second-order valence-corrected chi connectivity index (χ2v) is 5.68. The molecule has 18 heavy (non-hydrogen) atoms. The van der Waals surface area contributed by atoms with E-state index < -0.39 is 0 Å². The Hall–Kier alpha value is -0.380. The van der Waals surface area contributed by atoms with E-state index in [9.17, 15) is 0 Å². The summed E-state index contributed by atoms with van der Waals surface area (Å²) in [6.45, 7) is 5.00. The molecule has 2 unspecified atom stereocenters. The molecule has 3 heteroatoms. The number of nitrogens with two attached hydrogens (primary N) is 1. The van der Waals surface area contributed by atoms with Crippen LogP contribution in [0.2, 0.25) is 0 Å². The minimum absolute atomic E-state index is 0.00507. The van der Waals surface area contributed by atoms with Crippen LogP contribution in [0.15, 0.2) is 28.7 Å². The van der Waals surface area contributed by atoms with Gasteiger partial charge in [-0.05, 0) is 31.0 Å². The van der Waals surface area contributed by atoms with Crippen molar-refractivity contribution < 1.29 is 4.74 Å². The predicted molar refractivity (Wildman–Crippen MR) is 80.6 cm³/mol. The number of ether oxygens (including phenoxy) is 1. The highest BCUT2D eigenvalue weighted by atomic mass is 79.9. The lowest BCUT2D eigenvalue weighted by atomic mass is 10.0. The summed E-state index contributed by atoms with van der Waals surface area (Å²) < 4.78 is 7.01. The van der Waals surface area contributed by atoms with Crippen LogP contribution in [0.5, 0.6) is 0 Å². The molecule has 0 spiro atoms. The van der Waals surface area contributed by atoms with E-state index in [1.165, 1.54) is 19.3 Å². The fraction of sp³-hybridized carbons (Fsp3) is 0.600. The Kier molecular flexibility index (Phi) is 7.56. The molecule has 0 aliphatic rings. The predicted octanol–water partition coefficient (Wildman–Crippen LogP) is 4.43. The first kappa shape index (κ1) is 15.7.